The van der Waals surface area contributed by atoms with E-state index in [9.17, 15) is 38.4 Å². The van der Waals surface area contributed by atoms with Gasteiger partial charge in [-0.05, 0) is 100 Å². The number of carbonyl (C=O) groups is 8. The number of esters is 1. The number of rotatable bonds is 27. The number of amides is 7. The Morgan fingerprint density at radius 1 is 0.493 bits per heavy atom. The molecule has 18 heteroatoms. The molecule has 2 aromatic rings. The minimum absolute atomic E-state index is 0.00354. The van der Waals surface area contributed by atoms with E-state index in [2.05, 4.69) is 42.5 Å². The van der Waals surface area contributed by atoms with E-state index in [1.54, 1.807) is 48.5 Å². The van der Waals surface area contributed by atoms with E-state index in [0.717, 1.165) is 30.4 Å². The summed E-state index contributed by atoms with van der Waals surface area (Å²) < 4.78 is 10.4. The standard InChI is InChI=1S/C57H90N8O10/c1-34(2)30-41(48(66)58-44(33-40-26-20-16-21-27-40)51(69)63-47(38(9)10)54(72)74-14)60-52(70)46(37(7)8)64-57(28-22-17-23-29-57)65-53(71)45(36(5)6)62-50(68)43(32-39-24-18-15-19-25-39)59-49(67)42(31-35(3)4)61-55(73)75-56(11,12)13/h15-16,18-21,24-27,34-38,41-47,64H,17,22-23,28-33H2,1-14H3,(H,58,66)(H,59,67)(H,60,70)(H,61,73)(H,62,68)(H,63,69)(H,65,71)/t41-,42-,43-,44-,45-,46+,47-/m0/s1. The second-order valence-electron chi connectivity index (χ2n) is 23.0. The van der Waals surface area contributed by atoms with Gasteiger partial charge in [-0.15, -0.1) is 0 Å². The third-order valence-electron chi connectivity index (χ3n) is 13.0. The summed E-state index contributed by atoms with van der Waals surface area (Å²) in [5.41, 5.74) is -0.371. The summed E-state index contributed by atoms with van der Waals surface area (Å²) in [6, 6.07) is 11.0. The van der Waals surface area contributed by atoms with Crippen LogP contribution >= 0.6 is 0 Å². The van der Waals surface area contributed by atoms with E-state index in [4.69, 9.17) is 9.47 Å². The zero-order valence-electron chi connectivity index (χ0n) is 47.1. The van der Waals surface area contributed by atoms with E-state index in [-0.39, 0.29) is 49.4 Å². The molecule has 75 heavy (non-hydrogen) atoms. The van der Waals surface area contributed by atoms with Gasteiger partial charge in [-0.25, -0.2) is 9.59 Å². The maximum Gasteiger partial charge on any atom is 0.408 e. The molecule has 0 heterocycles. The Hall–Kier alpha value is -6.04. The number of nitrogens with one attached hydrogen (secondary N) is 8. The van der Waals surface area contributed by atoms with Crippen molar-refractivity contribution in [2.75, 3.05) is 7.11 Å². The third kappa shape index (κ3) is 21.6. The van der Waals surface area contributed by atoms with Gasteiger partial charge in [-0.2, -0.15) is 0 Å². The Labute approximate surface area is 446 Å². The van der Waals surface area contributed by atoms with Crippen LogP contribution in [0.5, 0.6) is 0 Å². The zero-order valence-corrected chi connectivity index (χ0v) is 47.1. The lowest BCUT2D eigenvalue weighted by atomic mass is 9.86. The molecule has 18 nitrogen and oxygen atoms in total. The molecule has 0 radical (unpaired) electrons. The SMILES string of the molecule is COC(=O)[C@@H](NC(=O)[C@H](Cc1ccccc1)NC(=O)[C@H](CC(C)C)NC(=O)[C@H](NC1(NC(=O)[C@@H](NC(=O)[C@H](Cc2ccccc2)NC(=O)[C@H](CC(C)C)NC(=O)OC(C)(C)C)C(C)C)CCCCC1)C(C)C)C(C)C. The Balaban J connectivity index is 1.91. The minimum Gasteiger partial charge on any atom is -0.467 e. The predicted octanol–water partition coefficient (Wildman–Crippen LogP) is 5.76. The molecule has 1 saturated carbocycles. The van der Waals surface area contributed by atoms with Crippen LogP contribution in [0.3, 0.4) is 0 Å². The number of alkyl carbamates (subject to hydrolysis) is 1. The van der Waals surface area contributed by atoms with E-state index in [0.29, 0.717) is 12.8 Å². The first-order chi connectivity index (χ1) is 35.1. The molecule has 8 N–H and O–H groups in total. The van der Waals surface area contributed by atoms with Crippen molar-refractivity contribution in [3.8, 4) is 0 Å². The summed E-state index contributed by atoms with van der Waals surface area (Å²) in [6.45, 7) is 23.7. The summed E-state index contributed by atoms with van der Waals surface area (Å²) in [6.07, 6.45) is 3.24. The molecule has 1 fully saturated rings. The van der Waals surface area contributed by atoms with Gasteiger partial charge in [0.25, 0.3) is 0 Å². The number of hydrogen-bond acceptors (Lipinski definition) is 11. The molecule has 1 aliphatic carbocycles. The Morgan fingerprint density at radius 3 is 1.29 bits per heavy atom. The Morgan fingerprint density at radius 2 is 0.893 bits per heavy atom. The van der Waals surface area contributed by atoms with Gasteiger partial charge >= 0.3 is 12.1 Å². The first-order valence-electron chi connectivity index (χ1n) is 26.9. The van der Waals surface area contributed by atoms with Gasteiger partial charge in [0.2, 0.25) is 35.4 Å². The van der Waals surface area contributed by atoms with Crippen LogP contribution in [0.1, 0.15) is 146 Å². The van der Waals surface area contributed by atoms with Gasteiger partial charge in [-0.1, -0.05) is 136 Å². The molecular weight excluding hydrogens is 957 g/mol. The molecule has 0 bridgehead atoms. The lowest BCUT2D eigenvalue weighted by Crippen LogP contribution is -2.69. The highest BCUT2D eigenvalue weighted by molar-refractivity contribution is 5.96. The van der Waals surface area contributed by atoms with Gasteiger partial charge in [0, 0.05) is 12.8 Å². The molecule has 0 aromatic heterocycles. The number of benzene rings is 2. The third-order valence-corrected chi connectivity index (χ3v) is 13.0. The van der Waals surface area contributed by atoms with E-state index in [1.807, 2.05) is 102 Å². The minimum atomic E-state index is -1.14. The van der Waals surface area contributed by atoms with Crippen LogP contribution in [-0.2, 0) is 55.9 Å². The molecular formula is C57H90N8O10. The number of ether oxygens (including phenoxy) is 2. The summed E-state index contributed by atoms with van der Waals surface area (Å²) >= 11 is 0. The van der Waals surface area contributed by atoms with E-state index in [1.165, 1.54) is 7.11 Å². The highest BCUT2D eigenvalue weighted by Gasteiger charge is 2.42. The molecule has 7 amide bonds. The van der Waals surface area contributed by atoms with Crippen LogP contribution in [0.15, 0.2) is 60.7 Å². The molecule has 0 saturated heterocycles. The maximum atomic E-state index is 14.7. The number of carbonyl (C=O) groups excluding carboxylic acids is 8. The molecule has 0 aliphatic heterocycles. The molecule has 0 unspecified atom stereocenters. The number of hydrogen-bond donors (Lipinski definition) is 8. The smallest absolute Gasteiger partial charge is 0.408 e. The summed E-state index contributed by atoms with van der Waals surface area (Å²) in [5.74, 6) is -5.07. The van der Waals surface area contributed by atoms with Crippen molar-refractivity contribution in [3.63, 3.8) is 0 Å². The summed E-state index contributed by atoms with van der Waals surface area (Å²) in [4.78, 5) is 112. The first kappa shape index (κ1) is 63.3. The molecule has 418 valence electrons. The average molecular weight is 1050 g/mol. The van der Waals surface area contributed by atoms with E-state index >= 15 is 0 Å². The predicted molar refractivity (Wildman–Crippen MR) is 289 cm³/mol. The molecule has 1 aliphatic rings. The van der Waals surface area contributed by atoms with E-state index < -0.39 is 107 Å². The summed E-state index contributed by atoms with van der Waals surface area (Å²) in [7, 11) is 1.24. The highest BCUT2D eigenvalue weighted by atomic mass is 16.6. The second-order valence-corrected chi connectivity index (χ2v) is 23.0. The topological polar surface area (TPSA) is 251 Å². The fraction of sp³-hybridized carbons (Fsp3) is 0.649. The van der Waals surface area contributed by atoms with Gasteiger partial charge in [0.05, 0.1) is 18.8 Å². The van der Waals surface area contributed by atoms with Crippen molar-refractivity contribution in [1.29, 1.82) is 0 Å². The fourth-order valence-electron chi connectivity index (χ4n) is 9.05. The Kier molecular flexibility index (Phi) is 25.2. The molecule has 0 spiro atoms. The Bertz CT molecular complexity index is 2170. The first-order valence-corrected chi connectivity index (χ1v) is 26.9. The van der Waals surface area contributed by atoms with Crippen LogP contribution in [-0.4, -0.2) is 108 Å². The van der Waals surface area contributed by atoms with Gasteiger partial charge in [0.1, 0.15) is 41.9 Å². The lowest BCUT2D eigenvalue weighted by molar-refractivity contribution is -0.146. The van der Waals surface area contributed by atoms with Crippen molar-refractivity contribution in [3.05, 3.63) is 71.8 Å². The average Bonchev–Trinajstić information content (AvgIpc) is 3.32. The molecule has 3 rings (SSSR count). The molecule has 7 atom stereocenters. The van der Waals surface area contributed by atoms with Crippen molar-refractivity contribution >= 4 is 47.5 Å². The van der Waals surface area contributed by atoms with Crippen molar-refractivity contribution < 1.29 is 47.8 Å². The monoisotopic (exact) mass is 1050 g/mol. The summed E-state index contributed by atoms with van der Waals surface area (Å²) in [5, 5.41) is 23.9. The largest absolute Gasteiger partial charge is 0.467 e. The van der Waals surface area contributed by atoms with Crippen molar-refractivity contribution in [2.45, 2.75) is 201 Å². The van der Waals surface area contributed by atoms with Gasteiger partial charge < -0.3 is 46.7 Å². The van der Waals surface area contributed by atoms with Crippen LogP contribution in [0.2, 0.25) is 0 Å². The van der Waals surface area contributed by atoms with Crippen molar-refractivity contribution in [2.24, 2.45) is 29.6 Å². The fourth-order valence-corrected chi connectivity index (χ4v) is 9.05. The second kappa shape index (κ2) is 29.9. The number of methoxy groups -OCH3 is 1. The van der Waals surface area contributed by atoms with Crippen LogP contribution in [0, 0.1) is 29.6 Å². The van der Waals surface area contributed by atoms with Gasteiger partial charge in [0.15, 0.2) is 0 Å². The maximum absolute atomic E-state index is 14.7. The van der Waals surface area contributed by atoms with Gasteiger partial charge in [-0.3, -0.25) is 34.1 Å². The van der Waals surface area contributed by atoms with Crippen molar-refractivity contribution in [1.82, 2.24) is 42.5 Å². The van der Waals surface area contributed by atoms with Crippen LogP contribution in [0.4, 0.5) is 4.79 Å². The van der Waals surface area contributed by atoms with Crippen LogP contribution < -0.4 is 42.5 Å². The normalized spacial score (nSPS) is 16.4. The molecule has 2 aromatic carbocycles. The quantitative estimate of drug-likeness (QED) is 0.0395. The van der Waals surface area contributed by atoms with Crippen LogP contribution in [0.25, 0.3) is 0 Å². The lowest BCUT2D eigenvalue weighted by Gasteiger charge is -2.43. The highest BCUT2D eigenvalue weighted by Crippen LogP contribution is 2.28. The zero-order chi connectivity index (χ0) is 56.2.